The van der Waals surface area contributed by atoms with Gasteiger partial charge in [-0.15, -0.1) is 0 Å². The number of hydrogen-bond acceptors (Lipinski definition) is 2. The number of rotatable bonds is 7. The van der Waals surface area contributed by atoms with Gasteiger partial charge in [0.2, 0.25) is 5.91 Å². The Kier molecular flexibility index (Phi) is 4.76. The Morgan fingerprint density at radius 2 is 2.05 bits per heavy atom. The monoisotopic (exact) mass is 274 g/mol. The molecule has 0 unspecified atom stereocenters. The summed E-state index contributed by atoms with van der Waals surface area (Å²) in [5.74, 6) is -0.872. The summed E-state index contributed by atoms with van der Waals surface area (Å²) in [6.45, 7) is 0.419. The van der Waals surface area contributed by atoms with Gasteiger partial charge in [0, 0.05) is 31.1 Å². The lowest BCUT2D eigenvalue weighted by Gasteiger charge is -2.04. The molecular formula is C15H18N2O3. The van der Waals surface area contributed by atoms with E-state index >= 15 is 0 Å². The van der Waals surface area contributed by atoms with Gasteiger partial charge in [-0.2, -0.15) is 0 Å². The number of fused-ring (bicyclic) bond motifs is 1. The van der Waals surface area contributed by atoms with Gasteiger partial charge < -0.3 is 15.4 Å². The molecule has 0 aliphatic carbocycles. The zero-order valence-electron chi connectivity index (χ0n) is 11.2. The van der Waals surface area contributed by atoms with E-state index in [4.69, 9.17) is 5.11 Å². The number of hydrogen-bond donors (Lipinski definition) is 3. The number of aromatic nitrogens is 1. The summed E-state index contributed by atoms with van der Waals surface area (Å²) in [6, 6.07) is 8.10. The molecule has 0 atom stereocenters. The molecule has 1 aromatic heterocycles. The molecule has 5 heteroatoms. The van der Waals surface area contributed by atoms with Crippen LogP contribution in [0.15, 0.2) is 30.5 Å². The molecule has 1 amide bonds. The quantitative estimate of drug-likeness (QED) is 0.676. The Balaban J connectivity index is 1.73. The largest absolute Gasteiger partial charge is 0.481 e. The predicted molar refractivity (Wildman–Crippen MR) is 76.5 cm³/mol. The lowest BCUT2D eigenvalue weighted by molar-refractivity contribution is -0.137. The van der Waals surface area contributed by atoms with Crippen molar-refractivity contribution in [3.05, 3.63) is 36.0 Å². The maximum atomic E-state index is 11.6. The van der Waals surface area contributed by atoms with Crippen LogP contribution in [0.3, 0.4) is 0 Å². The molecule has 2 aromatic rings. The molecule has 0 radical (unpaired) electrons. The van der Waals surface area contributed by atoms with Gasteiger partial charge >= 0.3 is 5.97 Å². The number of aliphatic carboxylic acids is 1. The summed E-state index contributed by atoms with van der Waals surface area (Å²) in [7, 11) is 0. The summed E-state index contributed by atoms with van der Waals surface area (Å²) < 4.78 is 0. The van der Waals surface area contributed by atoms with E-state index in [2.05, 4.69) is 16.4 Å². The molecule has 0 fully saturated rings. The van der Waals surface area contributed by atoms with Crippen LogP contribution < -0.4 is 5.32 Å². The van der Waals surface area contributed by atoms with Crippen molar-refractivity contribution in [2.45, 2.75) is 25.7 Å². The number of aryl methyl sites for hydroxylation is 1. The normalized spacial score (nSPS) is 10.6. The van der Waals surface area contributed by atoms with Crippen LogP contribution in [0.5, 0.6) is 0 Å². The standard InChI is InChI=1S/C15H18N2O3/c18-14(17-8-1-2-15(19)20)6-4-11-3-5-13-12(10-11)7-9-16-13/h3,5,7,9-10,16H,1-2,4,6,8H2,(H,17,18)(H,19,20). The molecule has 0 aliphatic heterocycles. The molecule has 20 heavy (non-hydrogen) atoms. The number of carboxylic acids is 1. The Bertz CT molecular complexity index is 604. The zero-order chi connectivity index (χ0) is 14.4. The molecular weight excluding hydrogens is 256 g/mol. The van der Waals surface area contributed by atoms with Crippen molar-refractivity contribution in [2.75, 3.05) is 6.54 Å². The molecule has 0 saturated heterocycles. The second kappa shape index (κ2) is 6.75. The number of amides is 1. The average Bonchev–Trinajstić information content (AvgIpc) is 2.88. The highest BCUT2D eigenvalue weighted by atomic mass is 16.4. The van der Waals surface area contributed by atoms with Crippen LogP contribution in [0.25, 0.3) is 10.9 Å². The smallest absolute Gasteiger partial charge is 0.303 e. The molecule has 0 aliphatic rings. The van der Waals surface area contributed by atoms with Gasteiger partial charge in [0.1, 0.15) is 0 Å². The number of nitrogens with one attached hydrogen (secondary N) is 2. The highest BCUT2D eigenvalue weighted by molar-refractivity contribution is 5.80. The van der Waals surface area contributed by atoms with Gasteiger partial charge in [-0.05, 0) is 42.0 Å². The Morgan fingerprint density at radius 1 is 1.20 bits per heavy atom. The molecule has 0 saturated carbocycles. The zero-order valence-corrected chi connectivity index (χ0v) is 11.2. The number of aromatic amines is 1. The van der Waals surface area contributed by atoms with Gasteiger partial charge in [0.05, 0.1) is 0 Å². The number of H-pyrrole nitrogens is 1. The van der Waals surface area contributed by atoms with Gasteiger partial charge in [-0.25, -0.2) is 0 Å². The third kappa shape index (κ3) is 4.12. The van der Waals surface area contributed by atoms with E-state index < -0.39 is 5.97 Å². The van der Waals surface area contributed by atoms with E-state index in [-0.39, 0.29) is 12.3 Å². The van der Waals surface area contributed by atoms with Crippen molar-refractivity contribution in [3.8, 4) is 0 Å². The lowest BCUT2D eigenvalue weighted by Crippen LogP contribution is -2.25. The number of carbonyl (C=O) groups excluding carboxylic acids is 1. The molecule has 0 spiro atoms. The first-order valence-corrected chi connectivity index (χ1v) is 6.69. The SMILES string of the molecule is O=C(O)CCCNC(=O)CCc1ccc2[nH]ccc2c1. The van der Waals surface area contributed by atoms with Gasteiger partial charge in [-0.3, -0.25) is 9.59 Å². The lowest BCUT2D eigenvalue weighted by atomic mass is 10.1. The van der Waals surface area contributed by atoms with E-state index in [0.29, 0.717) is 25.8 Å². The Morgan fingerprint density at radius 3 is 2.85 bits per heavy atom. The molecule has 1 heterocycles. The van der Waals surface area contributed by atoms with Crippen molar-refractivity contribution in [1.29, 1.82) is 0 Å². The van der Waals surface area contributed by atoms with Crippen LogP contribution in [-0.2, 0) is 16.0 Å². The van der Waals surface area contributed by atoms with Crippen molar-refractivity contribution in [1.82, 2.24) is 10.3 Å². The maximum Gasteiger partial charge on any atom is 0.303 e. The van der Waals surface area contributed by atoms with Crippen LogP contribution in [0.4, 0.5) is 0 Å². The third-order valence-corrected chi connectivity index (χ3v) is 3.15. The minimum absolute atomic E-state index is 0.0374. The van der Waals surface area contributed by atoms with E-state index in [9.17, 15) is 9.59 Å². The summed E-state index contributed by atoms with van der Waals surface area (Å²) >= 11 is 0. The second-order valence-electron chi connectivity index (χ2n) is 4.75. The second-order valence-corrected chi connectivity index (χ2v) is 4.75. The summed E-state index contributed by atoms with van der Waals surface area (Å²) in [6.07, 6.45) is 3.55. The fourth-order valence-electron chi connectivity index (χ4n) is 2.07. The van der Waals surface area contributed by atoms with E-state index in [1.807, 2.05) is 24.4 Å². The predicted octanol–water partition coefficient (Wildman–Crippen LogP) is 2.08. The molecule has 0 bridgehead atoms. The van der Waals surface area contributed by atoms with E-state index in [1.165, 1.54) is 0 Å². The minimum Gasteiger partial charge on any atom is -0.481 e. The fraction of sp³-hybridized carbons (Fsp3) is 0.333. The molecule has 2 rings (SSSR count). The highest BCUT2D eigenvalue weighted by Gasteiger charge is 2.04. The van der Waals surface area contributed by atoms with Crippen molar-refractivity contribution in [2.24, 2.45) is 0 Å². The van der Waals surface area contributed by atoms with Crippen LogP contribution in [0, 0.1) is 0 Å². The van der Waals surface area contributed by atoms with Gasteiger partial charge in [-0.1, -0.05) is 6.07 Å². The van der Waals surface area contributed by atoms with Crippen LogP contribution >= 0.6 is 0 Å². The van der Waals surface area contributed by atoms with Crippen molar-refractivity contribution >= 4 is 22.8 Å². The maximum absolute atomic E-state index is 11.6. The third-order valence-electron chi connectivity index (χ3n) is 3.15. The first-order chi connectivity index (χ1) is 9.65. The number of carbonyl (C=O) groups is 2. The van der Waals surface area contributed by atoms with Crippen molar-refractivity contribution < 1.29 is 14.7 Å². The summed E-state index contributed by atoms with van der Waals surface area (Å²) in [5, 5.41) is 12.4. The summed E-state index contributed by atoms with van der Waals surface area (Å²) in [5.41, 5.74) is 2.21. The highest BCUT2D eigenvalue weighted by Crippen LogP contribution is 2.15. The molecule has 106 valence electrons. The minimum atomic E-state index is -0.834. The molecule has 1 aromatic carbocycles. The van der Waals surface area contributed by atoms with Crippen LogP contribution in [0.2, 0.25) is 0 Å². The Labute approximate surface area is 117 Å². The first-order valence-electron chi connectivity index (χ1n) is 6.69. The topological polar surface area (TPSA) is 82.2 Å². The number of carboxylic acid groups (broad SMARTS) is 1. The van der Waals surface area contributed by atoms with Crippen LogP contribution in [0.1, 0.15) is 24.8 Å². The Hall–Kier alpha value is -2.30. The van der Waals surface area contributed by atoms with Crippen molar-refractivity contribution in [3.63, 3.8) is 0 Å². The molecule has 5 nitrogen and oxygen atoms in total. The molecule has 3 N–H and O–H groups in total. The van der Waals surface area contributed by atoms with E-state index in [1.54, 1.807) is 0 Å². The summed E-state index contributed by atoms with van der Waals surface area (Å²) in [4.78, 5) is 25.1. The first kappa shape index (κ1) is 14.1. The van der Waals surface area contributed by atoms with Gasteiger partial charge in [0.15, 0.2) is 0 Å². The average molecular weight is 274 g/mol. The van der Waals surface area contributed by atoms with E-state index in [0.717, 1.165) is 16.5 Å². The van der Waals surface area contributed by atoms with Crippen LogP contribution in [-0.4, -0.2) is 28.5 Å². The fourth-order valence-corrected chi connectivity index (χ4v) is 2.07. The van der Waals surface area contributed by atoms with Gasteiger partial charge in [0.25, 0.3) is 0 Å². The number of benzene rings is 1.